The molecule has 1 heterocycles. The Morgan fingerprint density at radius 3 is 2.78 bits per heavy atom. The normalized spacial score (nSPS) is 23.3. The maximum Gasteiger partial charge on any atom is 0.122 e. The van der Waals surface area contributed by atoms with Crippen molar-refractivity contribution in [1.82, 2.24) is 5.32 Å². The summed E-state index contributed by atoms with van der Waals surface area (Å²) >= 11 is 1.68. The molecule has 5 heteroatoms. The summed E-state index contributed by atoms with van der Waals surface area (Å²) in [4.78, 5) is 1.24. The molecule has 1 fully saturated rings. The predicted octanol–water partition coefficient (Wildman–Crippen LogP) is 5.35. The van der Waals surface area contributed by atoms with Crippen LogP contribution in [0, 0.1) is 18.3 Å². The van der Waals surface area contributed by atoms with Gasteiger partial charge in [0, 0.05) is 34.9 Å². The highest BCUT2D eigenvalue weighted by Crippen LogP contribution is 2.40. The first-order valence-electron chi connectivity index (χ1n) is 9.73. The Labute approximate surface area is 164 Å². The van der Waals surface area contributed by atoms with E-state index in [2.05, 4.69) is 17.3 Å². The van der Waals surface area contributed by atoms with Crippen LogP contribution in [0.25, 0.3) is 0 Å². The highest BCUT2D eigenvalue weighted by atomic mass is 32.1. The van der Waals surface area contributed by atoms with E-state index < -0.39 is 17.8 Å². The van der Waals surface area contributed by atoms with Crippen LogP contribution in [-0.2, 0) is 5.54 Å². The monoisotopic (exact) mass is 391 g/mol. The first-order chi connectivity index (χ1) is 13.0. The standard InChI is InChI=1S/C22H27F2NOS/c1-2-16-12-21(27-15-16)22(8-4-3-5-9-22)25-14-20(26)7-6-17-10-18(23)13-19(24)11-17/h1,10,12-13,15,17,20,25-26H,3-9,11,14H2/t17?,20-/m0/s1. The number of hydrogen-bond acceptors (Lipinski definition) is 3. The highest BCUT2D eigenvalue weighted by Gasteiger charge is 2.35. The van der Waals surface area contributed by atoms with Crippen LogP contribution in [0.5, 0.6) is 0 Å². The van der Waals surface area contributed by atoms with Crippen molar-refractivity contribution in [3.8, 4) is 12.3 Å². The van der Waals surface area contributed by atoms with Gasteiger partial charge in [0.1, 0.15) is 11.7 Å². The lowest BCUT2D eigenvalue weighted by Gasteiger charge is -2.38. The van der Waals surface area contributed by atoms with Gasteiger partial charge in [0.05, 0.1) is 11.6 Å². The van der Waals surface area contributed by atoms with E-state index in [9.17, 15) is 13.9 Å². The van der Waals surface area contributed by atoms with E-state index in [1.165, 1.54) is 17.4 Å². The number of halogens is 2. The zero-order valence-corrected chi connectivity index (χ0v) is 16.3. The number of terminal acetylenes is 1. The lowest BCUT2D eigenvalue weighted by atomic mass is 9.80. The molecule has 27 heavy (non-hydrogen) atoms. The van der Waals surface area contributed by atoms with Gasteiger partial charge in [0.25, 0.3) is 0 Å². The third-order valence-electron chi connectivity index (χ3n) is 5.64. The lowest BCUT2D eigenvalue weighted by molar-refractivity contribution is 0.127. The fourth-order valence-electron chi connectivity index (χ4n) is 4.13. The predicted molar refractivity (Wildman–Crippen MR) is 107 cm³/mol. The number of thiophene rings is 1. The molecule has 1 saturated carbocycles. The Morgan fingerprint density at radius 2 is 2.11 bits per heavy atom. The van der Waals surface area contributed by atoms with Crippen molar-refractivity contribution < 1.29 is 13.9 Å². The zero-order chi connectivity index (χ0) is 19.3. The second-order valence-corrected chi connectivity index (χ2v) is 8.62. The van der Waals surface area contributed by atoms with Crippen LogP contribution in [0.1, 0.15) is 61.8 Å². The topological polar surface area (TPSA) is 32.3 Å². The Morgan fingerprint density at radius 1 is 1.33 bits per heavy atom. The molecule has 0 radical (unpaired) electrons. The van der Waals surface area contributed by atoms with Gasteiger partial charge < -0.3 is 10.4 Å². The van der Waals surface area contributed by atoms with Gasteiger partial charge in [0.2, 0.25) is 0 Å². The molecule has 0 bridgehead atoms. The van der Waals surface area contributed by atoms with Gasteiger partial charge in [-0.15, -0.1) is 17.8 Å². The number of nitrogens with one attached hydrogen (secondary N) is 1. The molecule has 2 aliphatic carbocycles. The van der Waals surface area contributed by atoms with Gasteiger partial charge in [-0.05, 0) is 43.7 Å². The van der Waals surface area contributed by atoms with E-state index >= 15 is 0 Å². The number of hydrogen-bond donors (Lipinski definition) is 2. The summed E-state index contributed by atoms with van der Waals surface area (Å²) in [6.45, 7) is 0.473. The Kier molecular flexibility index (Phi) is 6.86. The molecule has 0 aliphatic heterocycles. The van der Waals surface area contributed by atoms with Crippen molar-refractivity contribution >= 4 is 11.3 Å². The molecule has 1 unspecified atom stereocenters. The van der Waals surface area contributed by atoms with Crippen LogP contribution >= 0.6 is 11.3 Å². The van der Waals surface area contributed by atoms with Gasteiger partial charge in [-0.1, -0.05) is 25.2 Å². The van der Waals surface area contributed by atoms with Crippen molar-refractivity contribution in [2.24, 2.45) is 5.92 Å². The molecule has 2 nitrogen and oxygen atoms in total. The molecule has 1 aromatic rings. The Hall–Kier alpha value is -1.48. The number of aliphatic hydroxyl groups is 1. The lowest BCUT2D eigenvalue weighted by Crippen LogP contribution is -2.46. The molecular weight excluding hydrogens is 364 g/mol. The average molecular weight is 392 g/mol. The molecule has 0 aromatic carbocycles. The number of rotatable bonds is 7. The SMILES string of the molecule is C#Cc1csc(C2(NC[C@@H](O)CCC3C=C(F)C=C(F)C3)CCCCC2)c1. The third kappa shape index (κ3) is 5.28. The van der Waals surface area contributed by atoms with E-state index in [4.69, 9.17) is 6.42 Å². The van der Waals surface area contributed by atoms with E-state index in [0.29, 0.717) is 19.4 Å². The fourth-order valence-corrected chi connectivity index (χ4v) is 5.21. The van der Waals surface area contributed by atoms with Crippen molar-refractivity contribution in [2.45, 2.75) is 63.0 Å². The Bertz CT molecular complexity index is 740. The molecule has 0 spiro atoms. The molecule has 1 aromatic heterocycles. The van der Waals surface area contributed by atoms with Gasteiger partial charge in [0.15, 0.2) is 0 Å². The van der Waals surface area contributed by atoms with E-state index in [1.807, 2.05) is 5.38 Å². The van der Waals surface area contributed by atoms with Crippen molar-refractivity contribution in [2.75, 3.05) is 6.54 Å². The maximum atomic E-state index is 13.4. The van der Waals surface area contributed by atoms with Gasteiger partial charge in [-0.25, -0.2) is 8.78 Å². The van der Waals surface area contributed by atoms with Gasteiger partial charge in [-0.3, -0.25) is 0 Å². The van der Waals surface area contributed by atoms with E-state index in [0.717, 1.165) is 37.3 Å². The van der Waals surface area contributed by atoms with Crippen LogP contribution in [-0.4, -0.2) is 17.8 Å². The highest BCUT2D eigenvalue weighted by molar-refractivity contribution is 7.10. The average Bonchev–Trinajstić information content (AvgIpc) is 3.15. The first kappa shape index (κ1) is 20.3. The summed E-state index contributed by atoms with van der Waals surface area (Å²) in [7, 11) is 0. The van der Waals surface area contributed by atoms with E-state index in [1.54, 1.807) is 11.3 Å². The minimum Gasteiger partial charge on any atom is -0.392 e. The van der Waals surface area contributed by atoms with Crippen molar-refractivity contribution in [3.05, 3.63) is 45.7 Å². The van der Waals surface area contributed by atoms with Crippen LogP contribution in [0.2, 0.25) is 0 Å². The molecule has 2 aliphatic rings. The minimum atomic E-state index is -0.540. The first-order valence-corrected chi connectivity index (χ1v) is 10.6. The molecule has 146 valence electrons. The summed E-state index contributed by atoms with van der Waals surface area (Å²) < 4.78 is 26.7. The van der Waals surface area contributed by atoms with Crippen LogP contribution < -0.4 is 5.32 Å². The molecule has 2 N–H and O–H groups in total. The third-order valence-corrected chi connectivity index (χ3v) is 6.77. The quantitative estimate of drug-likeness (QED) is 0.615. The van der Waals surface area contributed by atoms with Crippen LogP contribution in [0.3, 0.4) is 0 Å². The summed E-state index contributed by atoms with van der Waals surface area (Å²) in [5.74, 6) is 1.58. The smallest absolute Gasteiger partial charge is 0.122 e. The van der Waals surface area contributed by atoms with Crippen LogP contribution in [0.4, 0.5) is 8.78 Å². The van der Waals surface area contributed by atoms with Gasteiger partial charge in [-0.2, -0.15) is 0 Å². The minimum absolute atomic E-state index is 0.120. The summed E-state index contributed by atoms with van der Waals surface area (Å²) in [5, 5.41) is 16.1. The second kappa shape index (κ2) is 9.14. The van der Waals surface area contributed by atoms with E-state index in [-0.39, 0.29) is 17.9 Å². The summed E-state index contributed by atoms with van der Waals surface area (Å²) in [6, 6.07) is 2.08. The number of allylic oxidation sites excluding steroid dienone is 4. The number of aliphatic hydroxyl groups excluding tert-OH is 1. The fraction of sp³-hybridized carbons (Fsp3) is 0.545. The van der Waals surface area contributed by atoms with Crippen molar-refractivity contribution in [1.29, 1.82) is 0 Å². The molecular formula is C22H27F2NOS. The molecule has 0 amide bonds. The molecule has 3 rings (SSSR count). The Balaban J connectivity index is 1.56. The zero-order valence-electron chi connectivity index (χ0n) is 15.5. The second-order valence-electron chi connectivity index (χ2n) is 7.71. The summed E-state index contributed by atoms with van der Waals surface area (Å²) in [5.41, 5.74) is 0.786. The van der Waals surface area contributed by atoms with Crippen LogP contribution in [0.15, 0.2) is 35.3 Å². The maximum absolute atomic E-state index is 13.4. The van der Waals surface area contributed by atoms with Crippen molar-refractivity contribution in [3.63, 3.8) is 0 Å². The van der Waals surface area contributed by atoms with Gasteiger partial charge >= 0.3 is 0 Å². The summed E-state index contributed by atoms with van der Waals surface area (Å²) in [6.07, 6.45) is 14.3. The largest absolute Gasteiger partial charge is 0.392 e. The molecule has 2 atom stereocenters. The molecule has 0 saturated heterocycles.